The lowest BCUT2D eigenvalue weighted by Crippen LogP contribution is -2.42. The number of likely N-dealkylation sites (N-methyl/N-ethyl adjacent to an activating group) is 1. The molecule has 1 aliphatic rings. The number of hydrogen-bond donors (Lipinski definition) is 4. The Kier molecular flexibility index (Phi) is 11.0. The number of hydrogen-bond acceptors (Lipinski definition) is 8. The molecule has 4 N–H and O–H groups in total. The van der Waals surface area contributed by atoms with Crippen molar-refractivity contribution < 1.29 is 34.8 Å². The molecule has 1 aliphatic heterocycles. The van der Waals surface area contributed by atoms with Crippen LogP contribution in [0.4, 0.5) is 0 Å². The van der Waals surface area contributed by atoms with Crippen molar-refractivity contribution in [1.82, 2.24) is 24.3 Å². The third-order valence-electron chi connectivity index (χ3n) is 6.06. The monoisotopic (exact) mass is 505 g/mol. The van der Waals surface area contributed by atoms with Gasteiger partial charge in [0.05, 0.1) is 25.1 Å². The van der Waals surface area contributed by atoms with Gasteiger partial charge in [0, 0.05) is 44.8 Å². The molecule has 3 heterocycles. The standard InChI is InChI=1S/C18H27N5.C6H8O7/c1-3-23-11-6-8-17(23)14-22(13-16-7-4-5-9-19-16)15-18-20-10-12-21(18)2;7-3(8)1-6(13,5(11)12)2-4(9)10/h4-5,7,9-10,12,17H,3,6,8,11,13-15H2,1-2H3;13H,1-2H2,(H,7,8)(H,9,10)(H,11,12). The Labute approximate surface area is 209 Å². The van der Waals surface area contributed by atoms with Crippen molar-refractivity contribution in [3.63, 3.8) is 0 Å². The van der Waals surface area contributed by atoms with E-state index in [9.17, 15) is 14.4 Å². The van der Waals surface area contributed by atoms with Gasteiger partial charge in [0.1, 0.15) is 5.82 Å². The lowest BCUT2D eigenvalue weighted by atomic mass is 9.96. The summed E-state index contributed by atoms with van der Waals surface area (Å²) in [7, 11) is 2.06. The average molecular weight is 506 g/mol. The van der Waals surface area contributed by atoms with Gasteiger partial charge in [-0.2, -0.15) is 0 Å². The molecular formula is C24H35N5O7. The summed E-state index contributed by atoms with van der Waals surface area (Å²) in [5, 5.41) is 33.8. The molecule has 3 rings (SSSR count). The molecule has 1 atom stereocenters. The molecule has 1 unspecified atom stereocenters. The Morgan fingerprint density at radius 2 is 1.78 bits per heavy atom. The molecule has 198 valence electrons. The van der Waals surface area contributed by atoms with E-state index < -0.39 is 36.4 Å². The number of carboxylic acid groups (broad SMARTS) is 3. The number of aryl methyl sites for hydroxylation is 1. The van der Waals surface area contributed by atoms with E-state index in [1.807, 2.05) is 24.7 Å². The Balaban J connectivity index is 0.000000302. The maximum atomic E-state index is 10.3. The topological polar surface area (TPSA) is 169 Å². The van der Waals surface area contributed by atoms with E-state index in [0.29, 0.717) is 6.04 Å². The van der Waals surface area contributed by atoms with E-state index in [1.54, 1.807) is 0 Å². The molecule has 0 aliphatic carbocycles. The molecule has 1 fully saturated rings. The quantitative estimate of drug-likeness (QED) is 0.325. The summed E-state index contributed by atoms with van der Waals surface area (Å²) in [4.78, 5) is 44.6. The highest BCUT2D eigenvalue weighted by molar-refractivity contribution is 5.88. The first-order valence-electron chi connectivity index (χ1n) is 11.8. The minimum atomic E-state index is -2.74. The number of aliphatic hydroxyl groups is 1. The molecule has 0 amide bonds. The third kappa shape index (κ3) is 9.02. The minimum Gasteiger partial charge on any atom is -0.481 e. The number of nitrogens with zero attached hydrogens (tertiary/aromatic N) is 5. The van der Waals surface area contributed by atoms with Crippen LogP contribution < -0.4 is 0 Å². The van der Waals surface area contributed by atoms with Crippen LogP contribution in [0.2, 0.25) is 0 Å². The number of imidazole rings is 1. The second-order valence-corrected chi connectivity index (χ2v) is 8.85. The van der Waals surface area contributed by atoms with E-state index in [1.165, 1.54) is 19.4 Å². The van der Waals surface area contributed by atoms with Crippen molar-refractivity contribution in [2.45, 2.75) is 57.3 Å². The van der Waals surface area contributed by atoms with E-state index in [2.05, 4.69) is 50.4 Å². The fourth-order valence-corrected chi connectivity index (χ4v) is 4.18. The van der Waals surface area contributed by atoms with Crippen LogP contribution in [0, 0.1) is 0 Å². The molecule has 0 saturated carbocycles. The fourth-order valence-electron chi connectivity index (χ4n) is 4.18. The Bertz CT molecular complexity index is 982. The summed E-state index contributed by atoms with van der Waals surface area (Å²) < 4.78 is 2.11. The van der Waals surface area contributed by atoms with Crippen molar-refractivity contribution in [3.05, 3.63) is 48.3 Å². The van der Waals surface area contributed by atoms with Gasteiger partial charge in [-0.15, -0.1) is 0 Å². The summed E-state index contributed by atoms with van der Waals surface area (Å²) in [6.07, 6.45) is 6.10. The highest BCUT2D eigenvalue weighted by Crippen LogP contribution is 2.19. The molecule has 2 aromatic rings. The van der Waals surface area contributed by atoms with Crippen LogP contribution >= 0.6 is 0 Å². The van der Waals surface area contributed by atoms with Gasteiger partial charge in [0.2, 0.25) is 0 Å². The van der Waals surface area contributed by atoms with Gasteiger partial charge < -0.3 is 25.0 Å². The number of rotatable bonds is 12. The van der Waals surface area contributed by atoms with Gasteiger partial charge in [-0.1, -0.05) is 13.0 Å². The predicted molar refractivity (Wildman–Crippen MR) is 129 cm³/mol. The van der Waals surface area contributed by atoms with Crippen LogP contribution in [0.5, 0.6) is 0 Å². The Morgan fingerprint density at radius 1 is 1.08 bits per heavy atom. The van der Waals surface area contributed by atoms with Crippen molar-refractivity contribution in [3.8, 4) is 0 Å². The molecule has 12 heteroatoms. The molecule has 2 aromatic heterocycles. The van der Waals surface area contributed by atoms with Gasteiger partial charge in [-0.05, 0) is 38.1 Å². The molecule has 12 nitrogen and oxygen atoms in total. The van der Waals surface area contributed by atoms with Gasteiger partial charge in [-0.3, -0.25) is 24.4 Å². The van der Waals surface area contributed by atoms with E-state index in [-0.39, 0.29) is 0 Å². The summed E-state index contributed by atoms with van der Waals surface area (Å²) in [6.45, 7) is 7.47. The molecule has 0 radical (unpaired) electrons. The maximum Gasteiger partial charge on any atom is 0.336 e. The summed E-state index contributed by atoms with van der Waals surface area (Å²) >= 11 is 0. The number of pyridine rings is 1. The highest BCUT2D eigenvalue weighted by atomic mass is 16.4. The van der Waals surface area contributed by atoms with Crippen molar-refractivity contribution in [1.29, 1.82) is 0 Å². The number of aromatic nitrogens is 3. The van der Waals surface area contributed by atoms with Crippen LogP contribution in [-0.4, -0.2) is 93.9 Å². The Hall–Kier alpha value is -3.35. The van der Waals surface area contributed by atoms with Gasteiger partial charge in [0.15, 0.2) is 5.60 Å². The SMILES string of the molecule is CCN1CCCC1CN(Cc1ccccn1)Cc1nccn1C.O=C(O)CC(O)(CC(=O)O)C(=O)O. The van der Waals surface area contributed by atoms with Crippen molar-refractivity contribution in [2.75, 3.05) is 19.6 Å². The highest BCUT2D eigenvalue weighted by Gasteiger charge is 2.40. The number of carboxylic acids is 3. The zero-order chi connectivity index (χ0) is 26.7. The normalized spacial score (nSPS) is 15.9. The fraction of sp³-hybridized carbons (Fsp3) is 0.542. The predicted octanol–water partition coefficient (Wildman–Crippen LogP) is 1.05. The zero-order valence-electron chi connectivity index (χ0n) is 20.7. The first-order chi connectivity index (χ1) is 17.0. The molecular weight excluding hydrogens is 470 g/mol. The third-order valence-corrected chi connectivity index (χ3v) is 6.06. The number of likely N-dealkylation sites (tertiary alicyclic amines) is 1. The smallest absolute Gasteiger partial charge is 0.336 e. The lowest BCUT2D eigenvalue weighted by molar-refractivity contribution is -0.170. The first-order valence-corrected chi connectivity index (χ1v) is 11.8. The summed E-state index contributed by atoms with van der Waals surface area (Å²) in [5.41, 5.74) is -1.61. The van der Waals surface area contributed by atoms with Crippen LogP contribution in [0.15, 0.2) is 36.8 Å². The zero-order valence-corrected chi connectivity index (χ0v) is 20.7. The molecule has 0 bridgehead atoms. The van der Waals surface area contributed by atoms with Gasteiger partial charge in [-0.25, -0.2) is 9.78 Å². The van der Waals surface area contributed by atoms with Gasteiger partial charge in [0.25, 0.3) is 0 Å². The second kappa shape index (κ2) is 13.7. The largest absolute Gasteiger partial charge is 0.481 e. The Morgan fingerprint density at radius 3 is 2.28 bits per heavy atom. The second-order valence-electron chi connectivity index (χ2n) is 8.85. The minimum absolute atomic E-state index is 0.656. The number of carbonyl (C=O) groups is 3. The van der Waals surface area contributed by atoms with Crippen molar-refractivity contribution >= 4 is 17.9 Å². The van der Waals surface area contributed by atoms with Crippen LogP contribution in [-0.2, 0) is 34.5 Å². The van der Waals surface area contributed by atoms with Gasteiger partial charge >= 0.3 is 17.9 Å². The lowest BCUT2D eigenvalue weighted by Gasteiger charge is -2.30. The molecule has 0 aromatic carbocycles. The van der Waals surface area contributed by atoms with E-state index >= 15 is 0 Å². The maximum absolute atomic E-state index is 10.3. The number of aliphatic carboxylic acids is 3. The molecule has 1 saturated heterocycles. The van der Waals surface area contributed by atoms with E-state index in [4.69, 9.17) is 20.4 Å². The molecule has 36 heavy (non-hydrogen) atoms. The summed E-state index contributed by atoms with van der Waals surface area (Å²) in [5.74, 6) is -3.91. The average Bonchev–Trinajstić information content (AvgIpc) is 3.42. The van der Waals surface area contributed by atoms with E-state index in [0.717, 1.165) is 37.7 Å². The van der Waals surface area contributed by atoms with Crippen LogP contribution in [0.3, 0.4) is 0 Å². The van der Waals surface area contributed by atoms with Crippen LogP contribution in [0.1, 0.15) is 44.1 Å². The van der Waals surface area contributed by atoms with Crippen molar-refractivity contribution in [2.24, 2.45) is 7.05 Å². The summed E-state index contributed by atoms with van der Waals surface area (Å²) in [6, 6.07) is 6.80. The molecule has 0 spiro atoms. The van der Waals surface area contributed by atoms with Crippen LogP contribution in [0.25, 0.3) is 0 Å². The first kappa shape index (κ1) is 28.9.